The van der Waals surface area contributed by atoms with Crippen LogP contribution in [-0.4, -0.2) is 80.8 Å². The summed E-state index contributed by atoms with van der Waals surface area (Å²) in [6.45, 7) is 9.16. The van der Waals surface area contributed by atoms with Gasteiger partial charge in [-0.25, -0.2) is 0 Å². The van der Waals surface area contributed by atoms with Crippen LogP contribution in [-0.2, 0) is 4.74 Å². The largest absolute Gasteiger partial charge is 0.379 e. The number of ether oxygens (including phenoxy) is 1. The van der Waals surface area contributed by atoms with Gasteiger partial charge in [0.15, 0.2) is 5.96 Å². The van der Waals surface area contributed by atoms with Crippen molar-refractivity contribution in [2.75, 3.05) is 59.0 Å². The van der Waals surface area contributed by atoms with E-state index in [2.05, 4.69) is 30.8 Å². The summed E-state index contributed by atoms with van der Waals surface area (Å²) >= 11 is 0. The van der Waals surface area contributed by atoms with Crippen LogP contribution < -0.4 is 16.0 Å². The van der Waals surface area contributed by atoms with Crippen LogP contribution in [0.25, 0.3) is 0 Å². The van der Waals surface area contributed by atoms with Gasteiger partial charge in [-0.1, -0.05) is 0 Å². The Hall–Kier alpha value is -1.46. The Morgan fingerprint density at radius 2 is 2.04 bits per heavy atom. The molecule has 0 bridgehead atoms. The van der Waals surface area contributed by atoms with Crippen LogP contribution in [0.15, 0.2) is 29.5 Å². The maximum Gasteiger partial charge on any atom is 0.252 e. The lowest BCUT2D eigenvalue weighted by Gasteiger charge is -2.25. The third-order valence-corrected chi connectivity index (χ3v) is 3.76. The van der Waals surface area contributed by atoms with Gasteiger partial charge in [0.1, 0.15) is 0 Å². The number of hydrogen-bond acceptors (Lipinski definition) is 5. The van der Waals surface area contributed by atoms with E-state index in [0.29, 0.717) is 18.7 Å². The van der Waals surface area contributed by atoms with Gasteiger partial charge in [0, 0.05) is 51.7 Å². The van der Waals surface area contributed by atoms with Gasteiger partial charge >= 0.3 is 0 Å². The molecule has 26 heavy (non-hydrogen) atoms. The minimum Gasteiger partial charge on any atom is -0.379 e. The Labute approximate surface area is 172 Å². The highest BCUT2D eigenvalue weighted by atomic mass is 127. The minimum atomic E-state index is -0.121. The number of guanidine groups is 1. The van der Waals surface area contributed by atoms with Gasteiger partial charge in [-0.2, -0.15) is 0 Å². The molecule has 1 aliphatic heterocycles. The van der Waals surface area contributed by atoms with E-state index in [4.69, 9.17) is 4.74 Å². The van der Waals surface area contributed by atoms with E-state index in [1.807, 2.05) is 6.92 Å². The van der Waals surface area contributed by atoms with Gasteiger partial charge in [-0.3, -0.25) is 19.7 Å². The van der Waals surface area contributed by atoms with Crippen LogP contribution in [0.2, 0.25) is 0 Å². The lowest BCUT2D eigenvalue weighted by molar-refractivity contribution is 0.0394. The summed E-state index contributed by atoms with van der Waals surface area (Å²) in [6.07, 6.45) is 3.20. The summed E-state index contributed by atoms with van der Waals surface area (Å²) in [7, 11) is 0. The third kappa shape index (κ3) is 8.77. The average molecular weight is 476 g/mol. The topological polar surface area (TPSA) is 90.9 Å². The zero-order chi connectivity index (χ0) is 17.7. The standard InChI is InChI=1S/C17H28N6O2.HI/c1-2-19-17(22-8-9-23-10-12-25-13-11-23)21-7-6-20-16(24)15-4-3-5-18-14-15;/h3-5,14H,2,6-13H2,1H3,(H,20,24)(H2,19,21,22);1H. The van der Waals surface area contributed by atoms with Gasteiger partial charge in [0.05, 0.1) is 25.3 Å². The van der Waals surface area contributed by atoms with Crippen LogP contribution in [0, 0.1) is 0 Å². The van der Waals surface area contributed by atoms with Crippen LogP contribution in [0.5, 0.6) is 0 Å². The molecule has 0 atom stereocenters. The van der Waals surface area contributed by atoms with E-state index in [1.54, 1.807) is 24.5 Å². The molecule has 1 amide bonds. The summed E-state index contributed by atoms with van der Waals surface area (Å²) in [5, 5.41) is 9.30. The molecule has 1 aromatic heterocycles. The smallest absolute Gasteiger partial charge is 0.252 e. The molecule has 0 saturated carbocycles. The number of carbonyl (C=O) groups is 1. The van der Waals surface area contributed by atoms with Crippen LogP contribution in [0.4, 0.5) is 0 Å². The summed E-state index contributed by atoms with van der Waals surface area (Å²) < 4.78 is 5.34. The number of hydrogen-bond donors (Lipinski definition) is 3. The van der Waals surface area contributed by atoms with Crippen LogP contribution in [0.1, 0.15) is 17.3 Å². The number of rotatable bonds is 8. The fourth-order valence-corrected chi connectivity index (χ4v) is 2.43. The van der Waals surface area contributed by atoms with E-state index in [9.17, 15) is 4.79 Å². The molecule has 146 valence electrons. The van der Waals surface area contributed by atoms with Crippen molar-refractivity contribution in [3.05, 3.63) is 30.1 Å². The van der Waals surface area contributed by atoms with E-state index in [1.165, 1.54) is 0 Å². The van der Waals surface area contributed by atoms with Crippen molar-refractivity contribution in [1.82, 2.24) is 25.8 Å². The Bertz CT molecular complexity index is 537. The minimum absolute atomic E-state index is 0. The first-order valence-electron chi connectivity index (χ1n) is 8.80. The number of aliphatic imine (C=N–C) groups is 1. The molecule has 0 spiro atoms. The predicted octanol–water partition coefficient (Wildman–Crippen LogP) is 0.317. The fourth-order valence-electron chi connectivity index (χ4n) is 2.43. The lowest BCUT2D eigenvalue weighted by atomic mass is 10.3. The molecule has 1 aliphatic rings. The zero-order valence-electron chi connectivity index (χ0n) is 15.2. The first-order chi connectivity index (χ1) is 12.3. The maximum absolute atomic E-state index is 11.9. The Morgan fingerprint density at radius 3 is 2.73 bits per heavy atom. The normalized spacial score (nSPS) is 15.0. The Balaban J connectivity index is 0.00000338. The van der Waals surface area contributed by atoms with Crippen LogP contribution >= 0.6 is 24.0 Å². The highest BCUT2D eigenvalue weighted by molar-refractivity contribution is 14.0. The molecule has 0 aromatic carbocycles. The summed E-state index contributed by atoms with van der Waals surface area (Å²) in [5.41, 5.74) is 0.564. The molecule has 1 saturated heterocycles. The van der Waals surface area contributed by atoms with Gasteiger partial charge in [-0.15, -0.1) is 24.0 Å². The molecule has 3 N–H and O–H groups in total. The molecule has 0 unspecified atom stereocenters. The number of amides is 1. The fraction of sp³-hybridized carbons (Fsp3) is 0.588. The van der Waals surface area contributed by atoms with Crippen LogP contribution in [0.3, 0.4) is 0 Å². The first-order valence-corrected chi connectivity index (χ1v) is 8.80. The molecule has 8 nitrogen and oxygen atoms in total. The van der Waals surface area contributed by atoms with Gasteiger partial charge in [0.25, 0.3) is 5.91 Å². The number of halogens is 1. The number of nitrogens with zero attached hydrogens (tertiary/aromatic N) is 3. The molecule has 1 aromatic rings. The van der Waals surface area contributed by atoms with E-state index in [0.717, 1.165) is 51.9 Å². The molecule has 0 aliphatic carbocycles. The second-order valence-electron chi connectivity index (χ2n) is 5.64. The zero-order valence-corrected chi connectivity index (χ0v) is 17.6. The number of morpholine rings is 1. The second-order valence-corrected chi connectivity index (χ2v) is 5.64. The maximum atomic E-state index is 11.9. The van der Waals surface area contributed by atoms with Gasteiger partial charge in [-0.05, 0) is 19.1 Å². The van der Waals surface area contributed by atoms with Gasteiger partial charge in [0.2, 0.25) is 0 Å². The van der Waals surface area contributed by atoms with Crippen molar-refractivity contribution < 1.29 is 9.53 Å². The highest BCUT2D eigenvalue weighted by Gasteiger charge is 2.09. The lowest BCUT2D eigenvalue weighted by Crippen LogP contribution is -2.42. The van der Waals surface area contributed by atoms with Crippen molar-refractivity contribution in [2.24, 2.45) is 4.99 Å². The van der Waals surface area contributed by atoms with Crippen molar-refractivity contribution in [2.45, 2.75) is 6.92 Å². The van der Waals surface area contributed by atoms with Gasteiger partial charge < -0.3 is 20.7 Å². The second kappa shape index (κ2) is 13.7. The Kier molecular flexibility index (Phi) is 11.9. The first kappa shape index (κ1) is 22.6. The molecule has 2 rings (SSSR count). The molecule has 2 heterocycles. The van der Waals surface area contributed by atoms with Crippen molar-refractivity contribution in [3.8, 4) is 0 Å². The Morgan fingerprint density at radius 1 is 1.27 bits per heavy atom. The molecular weight excluding hydrogens is 447 g/mol. The average Bonchev–Trinajstić information content (AvgIpc) is 2.66. The molecule has 0 radical (unpaired) electrons. The number of aromatic nitrogens is 1. The predicted molar refractivity (Wildman–Crippen MR) is 113 cm³/mol. The molecule has 1 fully saturated rings. The van der Waals surface area contributed by atoms with E-state index >= 15 is 0 Å². The quantitative estimate of drug-likeness (QED) is 0.217. The van der Waals surface area contributed by atoms with Crippen molar-refractivity contribution in [3.63, 3.8) is 0 Å². The molecular formula is C17H29IN6O2. The van der Waals surface area contributed by atoms with E-state index in [-0.39, 0.29) is 29.9 Å². The highest BCUT2D eigenvalue weighted by Crippen LogP contribution is 1.96. The summed E-state index contributed by atoms with van der Waals surface area (Å²) in [6, 6.07) is 3.49. The number of carbonyl (C=O) groups excluding carboxylic acids is 1. The molecule has 9 heteroatoms. The summed E-state index contributed by atoms with van der Waals surface area (Å²) in [4.78, 5) is 22.8. The SMILES string of the molecule is CCNC(=NCCN1CCOCC1)NCCNC(=O)c1cccnc1.I. The van der Waals surface area contributed by atoms with Crippen molar-refractivity contribution in [1.29, 1.82) is 0 Å². The third-order valence-electron chi connectivity index (χ3n) is 3.76. The summed E-state index contributed by atoms with van der Waals surface area (Å²) in [5.74, 6) is 0.649. The number of nitrogens with one attached hydrogen (secondary N) is 3. The van der Waals surface area contributed by atoms with E-state index < -0.39 is 0 Å². The van der Waals surface area contributed by atoms with Crippen molar-refractivity contribution >= 4 is 35.8 Å². The number of pyridine rings is 1. The monoisotopic (exact) mass is 476 g/mol.